The largest absolute Gasteiger partial charge is 0.480 e. The average molecular weight is 266 g/mol. The highest BCUT2D eigenvalue weighted by Crippen LogP contribution is 2.23. The summed E-state index contributed by atoms with van der Waals surface area (Å²) in [5.74, 6) is -1.60. The Morgan fingerprint density at radius 2 is 1.95 bits per heavy atom. The minimum atomic E-state index is -1.11. The van der Waals surface area contributed by atoms with Gasteiger partial charge in [0.15, 0.2) is 6.61 Å². The van der Waals surface area contributed by atoms with E-state index in [0.717, 1.165) is 0 Å². The van der Waals surface area contributed by atoms with Crippen LogP contribution in [0.2, 0.25) is 0 Å². The van der Waals surface area contributed by atoms with E-state index in [0.29, 0.717) is 5.69 Å². The summed E-state index contributed by atoms with van der Waals surface area (Å²) in [6.45, 7) is 0.637. The van der Waals surface area contributed by atoms with Crippen LogP contribution in [0, 0.1) is 0 Å². The molecule has 0 heterocycles. The van der Waals surface area contributed by atoms with Crippen molar-refractivity contribution in [2.75, 3.05) is 18.5 Å². The minimum absolute atomic E-state index is 0.164. The van der Waals surface area contributed by atoms with Crippen LogP contribution < -0.4 is 15.4 Å². The highest BCUT2D eigenvalue weighted by molar-refractivity contribution is 5.95. The molecular weight excluding hydrogens is 252 g/mol. The van der Waals surface area contributed by atoms with E-state index in [-0.39, 0.29) is 18.2 Å². The molecule has 0 aromatic heterocycles. The van der Waals surface area contributed by atoms with Crippen LogP contribution in [-0.4, -0.2) is 36.0 Å². The molecule has 0 atom stereocenters. The van der Waals surface area contributed by atoms with Crippen LogP contribution >= 0.6 is 0 Å². The molecule has 1 rings (SSSR count). The first kappa shape index (κ1) is 14.5. The molecule has 0 aliphatic heterocycles. The summed E-state index contributed by atoms with van der Waals surface area (Å²) in [5.41, 5.74) is 0.346. The van der Waals surface area contributed by atoms with Gasteiger partial charge in [0, 0.05) is 6.92 Å². The van der Waals surface area contributed by atoms with Gasteiger partial charge in [-0.15, -0.1) is 0 Å². The zero-order valence-electron chi connectivity index (χ0n) is 10.3. The molecule has 0 fully saturated rings. The molecule has 1 aromatic carbocycles. The molecule has 0 bridgehead atoms. The summed E-state index contributed by atoms with van der Waals surface area (Å²) >= 11 is 0. The molecule has 19 heavy (non-hydrogen) atoms. The zero-order valence-corrected chi connectivity index (χ0v) is 10.3. The van der Waals surface area contributed by atoms with Gasteiger partial charge in [0.25, 0.3) is 0 Å². The fourth-order valence-electron chi connectivity index (χ4n) is 1.23. The second-order valence-electron chi connectivity index (χ2n) is 3.64. The number of carbonyl (C=O) groups excluding carboxylic acids is 2. The predicted molar refractivity (Wildman–Crippen MR) is 66.9 cm³/mol. The van der Waals surface area contributed by atoms with E-state index in [2.05, 4.69) is 10.6 Å². The van der Waals surface area contributed by atoms with Gasteiger partial charge in [0.1, 0.15) is 5.75 Å². The van der Waals surface area contributed by atoms with Gasteiger partial charge in [-0.2, -0.15) is 0 Å². The Bertz CT molecular complexity index is 487. The summed E-state index contributed by atoms with van der Waals surface area (Å²) in [7, 11) is 0. The van der Waals surface area contributed by atoms with Crippen molar-refractivity contribution in [3.63, 3.8) is 0 Å². The number of carboxylic acids is 1. The normalized spacial score (nSPS) is 9.53. The van der Waals surface area contributed by atoms with Crippen molar-refractivity contribution in [3.8, 4) is 5.75 Å². The standard InChI is InChI=1S/C12H14N2O5/c1-8(15)13-6-11(16)14-9-4-2-3-5-10(9)19-7-12(17)18/h2-5H,6-7H2,1H3,(H,13,15)(H,14,16)(H,17,18). The van der Waals surface area contributed by atoms with Gasteiger partial charge >= 0.3 is 5.97 Å². The second-order valence-corrected chi connectivity index (χ2v) is 3.64. The fraction of sp³-hybridized carbons (Fsp3) is 0.250. The summed E-state index contributed by atoms with van der Waals surface area (Å²) in [6.07, 6.45) is 0. The van der Waals surface area contributed by atoms with Crippen molar-refractivity contribution in [1.82, 2.24) is 5.32 Å². The monoisotopic (exact) mass is 266 g/mol. The second kappa shape index (κ2) is 7.00. The summed E-state index contributed by atoms with van der Waals surface area (Å²) in [6, 6.07) is 6.43. The third-order valence-electron chi connectivity index (χ3n) is 2.01. The van der Waals surface area contributed by atoms with Gasteiger partial charge in [-0.05, 0) is 12.1 Å². The Hall–Kier alpha value is -2.57. The van der Waals surface area contributed by atoms with Crippen LogP contribution in [0.1, 0.15) is 6.92 Å². The lowest BCUT2D eigenvalue weighted by Gasteiger charge is -2.11. The molecule has 0 aliphatic rings. The molecule has 7 heteroatoms. The number of carbonyl (C=O) groups is 3. The van der Waals surface area contributed by atoms with E-state index in [9.17, 15) is 14.4 Å². The number of benzene rings is 1. The van der Waals surface area contributed by atoms with Crippen LogP contribution in [0.15, 0.2) is 24.3 Å². The quantitative estimate of drug-likeness (QED) is 0.683. The molecule has 0 saturated carbocycles. The van der Waals surface area contributed by atoms with Crippen LogP contribution in [0.3, 0.4) is 0 Å². The maximum Gasteiger partial charge on any atom is 0.341 e. The first-order chi connectivity index (χ1) is 8.99. The summed E-state index contributed by atoms with van der Waals surface area (Å²) < 4.78 is 5.02. The van der Waals surface area contributed by atoms with Gasteiger partial charge < -0.3 is 20.5 Å². The first-order valence-corrected chi connectivity index (χ1v) is 5.47. The number of aliphatic carboxylic acids is 1. The smallest absolute Gasteiger partial charge is 0.341 e. The Labute approximate surface area is 109 Å². The highest BCUT2D eigenvalue weighted by Gasteiger charge is 2.09. The molecular formula is C12H14N2O5. The Balaban J connectivity index is 2.64. The van der Waals surface area contributed by atoms with E-state index in [1.54, 1.807) is 18.2 Å². The third-order valence-corrected chi connectivity index (χ3v) is 2.01. The minimum Gasteiger partial charge on any atom is -0.480 e. The van der Waals surface area contributed by atoms with Crippen LogP contribution in [0.5, 0.6) is 5.75 Å². The van der Waals surface area contributed by atoms with Crippen LogP contribution in [0.25, 0.3) is 0 Å². The molecule has 0 saturated heterocycles. The molecule has 0 aliphatic carbocycles. The Kier molecular flexibility index (Phi) is 5.34. The van der Waals surface area contributed by atoms with Crippen molar-refractivity contribution in [2.24, 2.45) is 0 Å². The van der Waals surface area contributed by atoms with Gasteiger partial charge in [0.2, 0.25) is 11.8 Å². The number of ether oxygens (including phenoxy) is 1. The molecule has 0 unspecified atom stereocenters. The van der Waals surface area contributed by atoms with Crippen LogP contribution in [0.4, 0.5) is 5.69 Å². The summed E-state index contributed by atoms with van der Waals surface area (Å²) in [4.78, 5) is 32.6. The number of amides is 2. The van der Waals surface area contributed by atoms with Gasteiger partial charge in [-0.1, -0.05) is 12.1 Å². The van der Waals surface area contributed by atoms with E-state index >= 15 is 0 Å². The topological polar surface area (TPSA) is 105 Å². The number of para-hydroxylation sites is 2. The van der Waals surface area contributed by atoms with E-state index in [1.165, 1.54) is 13.0 Å². The first-order valence-electron chi connectivity index (χ1n) is 5.47. The lowest BCUT2D eigenvalue weighted by molar-refractivity contribution is -0.139. The SMILES string of the molecule is CC(=O)NCC(=O)Nc1ccccc1OCC(=O)O. The molecule has 7 nitrogen and oxygen atoms in total. The van der Waals surface area contributed by atoms with E-state index < -0.39 is 18.5 Å². The molecule has 102 valence electrons. The van der Waals surface area contributed by atoms with Crippen molar-refractivity contribution >= 4 is 23.5 Å². The van der Waals surface area contributed by atoms with Crippen molar-refractivity contribution in [1.29, 1.82) is 0 Å². The third kappa shape index (κ3) is 5.53. The molecule has 0 spiro atoms. The van der Waals surface area contributed by atoms with E-state index in [4.69, 9.17) is 9.84 Å². The van der Waals surface area contributed by atoms with Gasteiger partial charge in [0.05, 0.1) is 12.2 Å². The lowest BCUT2D eigenvalue weighted by atomic mass is 10.3. The number of carboxylic acid groups (broad SMARTS) is 1. The maximum absolute atomic E-state index is 11.5. The molecule has 0 radical (unpaired) electrons. The van der Waals surface area contributed by atoms with Gasteiger partial charge in [-0.3, -0.25) is 9.59 Å². The van der Waals surface area contributed by atoms with Crippen molar-refractivity contribution in [3.05, 3.63) is 24.3 Å². The van der Waals surface area contributed by atoms with Gasteiger partial charge in [-0.25, -0.2) is 4.79 Å². The highest BCUT2D eigenvalue weighted by atomic mass is 16.5. The molecule has 3 N–H and O–H groups in total. The predicted octanol–water partition coefficient (Wildman–Crippen LogP) is 0.225. The maximum atomic E-state index is 11.5. The number of nitrogens with one attached hydrogen (secondary N) is 2. The zero-order chi connectivity index (χ0) is 14.3. The fourth-order valence-corrected chi connectivity index (χ4v) is 1.23. The number of rotatable bonds is 6. The molecule has 1 aromatic rings. The van der Waals surface area contributed by atoms with Crippen molar-refractivity contribution in [2.45, 2.75) is 6.92 Å². The summed E-state index contributed by atoms with van der Waals surface area (Å²) in [5, 5.41) is 13.4. The van der Waals surface area contributed by atoms with Crippen LogP contribution in [-0.2, 0) is 14.4 Å². The Morgan fingerprint density at radius 1 is 1.26 bits per heavy atom. The van der Waals surface area contributed by atoms with E-state index in [1.807, 2.05) is 0 Å². The number of hydrogen-bond donors (Lipinski definition) is 3. The Morgan fingerprint density at radius 3 is 2.58 bits per heavy atom. The molecule has 2 amide bonds. The average Bonchev–Trinajstić information content (AvgIpc) is 2.35. The lowest BCUT2D eigenvalue weighted by Crippen LogP contribution is -2.31. The number of anilines is 1. The van der Waals surface area contributed by atoms with Crippen molar-refractivity contribution < 1.29 is 24.2 Å². The number of hydrogen-bond acceptors (Lipinski definition) is 4.